The quantitative estimate of drug-likeness (QED) is 0.606. The third-order valence-corrected chi connectivity index (χ3v) is 2.48. The highest BCUT2D eigenvalue weighted by atomic mass is 16.5. The summed E-state index contributed by atoms with van der Waals surface area (Å²) in [6, 6.07) is 7.93. The van der Waals surface area contributed by atoms with E-state index in [0.29, 0.717) is 0 Å². The lowest BCUT2D eigenvalue weighted by molar-refractivity contribution is 0.303. The summed E-state index contributed by atoms with van der Waals surface area (Å²) in [6.07, 6.45) is 6.38. The van der Waals surface area contributed by atoms with Crippen LogP contribution in [0.15, 0.2) is 24.3 Å². The molecule has 0 atom stereocenters. The SMILES string of the molecule is [CH2]c1ccccc1OCCCCCCC. The van der Waals surface area contributed by atoms with E-state index in [4.69, 9.17) is 4.74 Å². The number of para-hydroxylation sites is 1. The number of hydrogen-bond acceptors (Lipinski definition) is 1. The normalized spacial score (nSPS) is 10.3. The molecule has 0 bridgehead atoms. The van der Waals surface area contributed by atoms with Crippen LogP contribution in [-0.4, -0.2) is 6.61 Å². The van der Waals surface area contributed by atoms with Crippen molar-refractivity contribution < 1.29 is 4.74 Å². The highest BCUT2D eigenvalue weighted by Crippen LogP contribution is 2.16. The predicted octanol–water partition coefficient (Wildman–Crippen LogP) is 4.22. The maximum Gasteiger partial charge on any atom is 0.122 e. The predicted molar refractivity (Wildman–Crippen MR) is 65.2 cm³/mol. The Kier molecular flexibility index (Phi) is 5.91. The summed E-state index contributed by atoms with van der Waals surface area (Å²) >= 11 is 0. The van der Waals surface area contributed by atoms with Crippen LogP contribution in [0.25, 0.3) is 0 Å². The molecular weight excluding hydrogens is 184 g/mol. The molecule has 0 fully saturated rings. The molecule has 83 valence electrons. The van der Waals surface area contributed by atoms with Crippen molar-refractivity contribution in [2.75, 3.05) is 6.61 Å². The van der Waals surface area contributed by atoms with Gasteiger partial charge in [-0.1, -0.05) is 50.8 Å². The standard InChI is InChI=1S/C14H21O/c1-3-4-5-6-9-12-15-14-11-8-7-10-13(14)2/h7-8,10-11H,2-6,9,12H2,1H3. The van der Waals surface area contributed by atoms with Crippen molar-refractivity contribution in [1.82, 2.24) is 0 Å². The third-order valence-electron chi connectivity index (χ3n) is 2.48. The van der Waals surface area contributed by atoms with Gasteiger partial charge in [-0.2, -0.15) is 0 Å². The van der Waals surface area contributed by atoms with Gasteiger partial charge in [-0.15, -0.1) is 0 Å². The summed E-state index contributed by atoms with van der Waals surface area (Å²) in [5.41, 5.74) is 0.978. The van der Waals surface area contributed by atoms with E-state index in [1.54, 1.807) is 0 Å². The molecule has 0 aromatic heterocycles. The molecule has 0 saturated carbocycles. The van der Waals surface area contributed by atoms with Crippen LogP contribution in [0, 0.1) is 6.92 Å². The number of rotatable bonds is 7. The van der Waals surface area contributed by atoms with E-state index < -0.39 is 0 Å². The molecule has 1 nitrogen and oxygen atoms in total. The Balaban J connectivity index is 2.12. The first-order valence-corrected chi connectivity index (χ1v) is 5.88. The second-order valence-corrected chi connectivity index (χ2v) is 3.87. The lowest BCUT2D eigenvalue weighted by atomic mass is 10.2. The van der Waals surface area contributed by atoms with E-state index in [1.807, 2.05) is 24.3 Å². The highest BCUT2D eigenvalue weighted by molar-refractivity contribution is 5.35. The van der Waals surface area contributed by atoms with Crippen molar-refractivity contribution >= 4 is 0 Å². The van der Waals surface area contributed by atoms with Gasteiger partial charge in [-0.25, -0.2) is 0 Å². The largest absolute Gasteiger partial charge is 0.493 e. The van der Waals surface area contributed by atoms with E-state index >= 15 is 0 Å². The Hall–Kier alpha value is -0.980. The second kappa shape index (κ2) is 7.33. The van der Waals surface area contributed by atoms with Crippen LogP contribution in [0.5, 0.6) is 5.75 Å². The molecule has 0 aliphatic heterocycles. The summed E-state index contributed by atoms with van der Waals surface area (Å²) in [5, 5.41) is 0. The Morgan fingerprint density at radius 1 is 1.07 bits per heavy atom. The van der Waals surface area contributed by atoms with Crippen molar-refractivity contribution in [3.63, 3.8) is 0 Å². The minimum absolute atomic E-state index is 0.816. The molecule has 1 radical (unpaired) electrons. The zero-order valence-corrected chi connectivity index (χ0v) is 9.67. The van der Waals surface area contributed by atoms with Crippen LogP contribution in [0.4, 0.5) is 0 Å². The molecule has 0 spiro atoms. The first-order valence-electron chi connectivity index (χ1n) is 5.88. The first-order chi connectivity index (χ1) is 7.34. The maximum absolute atomic E-state index is 5.65. The fourth-order valence-corrected chi connectivity index (χ4v) is 1.53. The van der Waals surface area contributed by atoms with Crippen molar-refractivity contribution in [1.29, 1.82) is 0 Å². The van der Waals surface area contributed by atoms with Crippen LogP contribution in [0.3, 0.4) is 0 Å². The van der Waals surface area contributed by atoms with Crippen molar-refractivity contribution in [2.24, 2.45) is 0 Å². The van der Waals surface area contributed by atoms with Gasteiger partial charge in [0.25, 0.3) is 0 Å². The molecule has 1 aromatic carbocycles. The van der Waals surface area contributed by atoms with E-state index in [2.05, 4.69) is 13.8 Å². The topological polar surface area (TPSA) is 9.23 Å². The molecular formula is C14H21O. The van der Waals surface area contributed by atoms with Gasteiger partial charge in [-0.05, 0) is 25.0 Å². The molecule has 0 aliphatic rings. The average Bonchev–Trinajstić information content (AvgIpc) is 2.25. The van der Waals surface area contributed by atoms with Crippen LogP contribution in [-0.2, 0) is 0 Å². The highest BCUT2D eigenvalue weighted by Gasteiger charge is 1.96. The van der Waals surface area contributed by atoms with Crippen LogP contribution < -0.4 is 4.74 Å². The number of benzene rings is 1. The summed E-state index contributed by atoms with van der Waals surface area (Å²) in [6.45, 7) is 6.97. The molecule has 0 amide bonds. The maximum atomic E-state index is 5.65. The van der Waals surface area contributed by atoms with Crippen LogP contribution in [0.2, 0.25) is 0 Å². The van der Waals surface area contributed by atoms with E-state index in [9.17, 15) is 0 Å². The molecule has 0 saturated heterocycles. The molecule has 0 N–H and O–H groups in total. The second-order valence-electron chi connectivity index (χ2n) is 3.87. The molecule has 15 heavy (non-hydrogen) atoms. The number of unbranched alkanes of at least 4 members (excludes halogenated alkanes) is 4. The van der Waals surface area contributed by atoms with Crippen molar-refractivity contribution in [2.45, 2.75) is 39.0 Å². The minimum Gasteiger partial charge on any atom is -0.493 e. The molecule has 1 heteroatoms. The average molecular weight is 205 g/mol. The van der Waals surface area contributed by atoms with Crippen LogP contribution in [0.1, 0.15) is 44.6 Å². The third kappa shape index (κ3) is 4.87. The van der Waals surface area contributed by atoms with Crippen LogP contribution >= 0.6 is 0 Å². The molecule has 0 heterocycles. The Labute approximate surface area is 93.5 Å². The van der Waals surface area contributed by atoms with Gasteiger partial charge in [0.2, 0.25) is 0 Å². The zero-order chi connectivity index (χ0) is 10.9. The smallest absolute Gasteiger partial charge is 0.122 e. The van der Waals surface area contributed by atoms with E-state index in [0.717, 1.165) is 24.3 Å². The van der Waals surface area contributed by atoms with E-state index in [-0.39, 0.29) is 0 Å². The number of ether oxygens (including phenoxy) is 1. The molecule has 0 unspecified atom stereocenters. The van der Waals surface area contributed by atoms with Crippen molar-refractivity contribution in [3.8, 4) is 5.75 Å². The van der Waals surface area contributed by atoms with Gasteiger partial charge in [0.05, 0.1) is 6.61 Å². The van der Waals surface area contributed by atoms with Crippen molar-refractivity contribution in [3.05, 3.63) is 36.8 Å². The lowest BCUT2D eigenvalue weighted by Gasteiger charge is -2.08. The Morgan fingerprint density at radius 3 is 2.53 bits per heavy atom. The minimum atomic E-state index is 0.816. The Bertz CT molecular complexity index is 268. The van der Waals surface area contributed by atoms with Gasteiger partial charge < -0.3 is 4.74 Å². The molecule has 1 aromatic rings. The van der Waals surface area contributed by atoms with Gasteiger partial charge in [0.1, 0.15) is 5.75 Å². The summed E-state index contributed by atoms with van der Waals surface area (Å²) in [7, 11) is 0. The lowest BCUT2D eigenvalue weighted by Crippen LogP contribution is -1.98. The summed E-state index contributed by atoms with van der Waals surface area (Å²) in [5.74, 6) is 0.924. The fraction of sp³-hybridized carbons (Fsp3) is 0.500. The molecule has 1 rings (SSSR count). The van der Waals surface area contributed by atoms with Gasteiger partial charge in [0.15, 0.2) is 0 Å². The fourth-order valence-electron chi connectivity index (χ4n) is 1.53. The first kappa shape index (κ1) is 12.1. The Morgan fingerprint density at radius 2 is 1.80 bits per heavy atom. The summed E-state index contributed by atoms with van der Waals surface area (Å²) < 4.78 is 5.65. The zero-order valence-electron chi connectivity index (χ0n) is 9.67. The monoisotopic (exact) mass is 205 g/mol. The van der Waals surface area contributed by atoms with Gasteiger partial charge in [0, 0.05) is 0 Å². The van der Waals surface area contributed by atoms with E-state index in [1.165, 1.54) is 25.7 Å². The van der Waals surface area contributed by atoms with Gasteiger partial charge in [-0.3, -0.25) is 0 Å². The molecule has 0 aliphatic carbocycles. The number of hydrogen-bond donors (Lipinski definition) is 0. The van der Waals surface area contributed by atoms with Gasteiger partial charge >= 0.3 is 0 Å². The summed E-state index contributed by atoms with van der Waals surface area (Å²) in [4.78, 5) is 0.